The minimum Gasteiger partial charge on any atom is -0.361 e. The first-order valence-electron chi connectivity index (χ1n) is 11.3. The number of imidazole rings is 1. The molecule has 1 N–H and O–H groups in total. The van der Waals surface area contributed by atoms with Crippen molar-refractivity contribution in [2.45, 2.75) is 61.9 Å². The maximum atomic E-state index is 13.5. The van der Waals surface area contributed by atoms with Crippen LogP contribution in [0.3, 0.4) is 0 Å². The Balaban J connectivity index is 1.51. The molecule has 3 heterocycles. The summed E-state index contributed by atoms with van der Waals surface area (Å²) < 4.78 is 29.0. The van der Waals surface area contributed by atoms with Crippen molar-refractivity contribution in [3.63, 3.8) is 0 Å². The number of aromatic nitrogens is 3. The Labute approximate surface area is 193 Å². The summed E-state index contributed by atoms with van der Waals surface area (Å²) >= 11 is 1.18. The highest BCUT2D eigenvalue weighted by Gasteiger charge is 2.35. The summed E-state index contributed by atoms with van der Waals surface area (Å²) in [5, 5.41) is 0. The fourth-order valence-electron chi connectivity index (χ4n) is 5.09. The third-order valence-electron chi connectivity index (χ3n) is 6.79. The van der Waals surface area contributed by atoms with Gasteiger partial charge in [0.25, 0.3) is 10.0 Å². The van der Waals surface area contributed by atoms with E-state index in [9.17, 15) is 8.42 Å². The zero-order valence-corrected chi connectivity index (χ0v) is 19.7. The number of rotatable bonds is 7. The number of nitrogens with one attached hydrogen (secondary N) is 1. The van der Waals surface area contributed by atoms with Crippen LogP contribution in [0, 0.1) is 5.92 Å². The Kier molecular flexibility index (Phi) is 6.30. The highest BCUT2D eigenvalue weighted by Crippen LogP contribution is 2.36. The Morgan fingerprint density at radius 1 is 1.09 bits per heavy atom. The second kappa shape index (κ2) is 9.33. The normalized spacial score (nSPS) is 20.4. The van der Waals surface area contributed by atoms with E-state index in [4.69, 9.17) is 0 Å². The van der Waals surface area contributed by atoms with E-state index in [0.717, 1.165) is 35.7 Å². The van der Waals surface area contributed by atoms with Gasteiger partial charge in [0.1, 0.15) is 0 Å². The number of aromatic amines is 1. The van der Waals surface area contributed by atoms with Gasteiger partial charge in [0.15, 0.2) is 4.21 Å². The predicted octanol–water partition coefficient (Wildman–Crippen LogP) is 4.42. The van der Waals surface area contributed by atoms with Crippen molar-refractivity contribution in [3.05, 3.63) is 59.8 Å². The molecule has 2 aliphatic rings. The largest absolute Gasteiger partial charge is 0.361 e. The molecular formula is C23H29N5O2S2. The van der Waals surface area contributed by atoms with E-state index in [1.807, 2.05) is 24.4 Å². The van der Waals surface area contributed by atoms with Crippen molar-refractivity contribution >= 4 is 27.0 Å². The van der Waals surface area contributed by atoms with Crippen molar-refractivity contribution in [1.29, 1.82) is 0 Å². The van der Waals surface area contributed by atoms with Crippen molar-refractivity contribution in [3.8, 4) is 0 Å². The van der Waals surface area contributed by atoms with Gasteiger partial charge in [-0.2, -0.15) is 4.31 Å². The molecule has 1 aliphatic heterocycles. The molecule has 2 aromatic heterocycles. The Bertz CT molecular complexity index is 1110. The number of H-pyrrole nitrogens is 1. The van der Waals surface area contributed by atoms with Crippen LogP contribution in [0.1, 0.15) is 49.8 Å². The average molecular weight is 472 g/mol. The van der Waals surface area contributed by atoms with Crippen LogP contribution in [0.4, 0.5) is 5.69 Å². The van der Waals surface area contributed by atoms with Crippen LogP contribution in [0.25, 0.3) is 0 Å². The lowest BCUT2D eigenvalue weighted by molar-refractivity contribution is 0.351. The second-order valence-electron chi connectivity index (χ2n) is 8.83. The molecule has 7 nitrogen and oxygen atoms in total. The summed E-state index contributed by atoms with van der Waals surface area (Å²) in [5.41, 5.74) is 4.76. The van der Waals surface area contributed by atoms with E-state index >= 15 is 0 Å². The van der Waals surface area contributed by atoms with Gasteiger partial charge in [-0.3, -0.25) is 4.98 Å². The topological polar surface area (TPSA) is 82.2 Å². The lowest BCUT2D eigenvalue weighted by Crippen LogP contribution is -2.43. The van der Waals surface area contributed by atoms with E-state index < -0.39 is 10.0 Å². The number of para-hydroxylation sites is 1. The number of fused-ring (bicyclic) bond motifs is 1. The molecule has 0 radical (unpaired) electrons. The lowest BCUT2D eigenvalue weighted by atomic mass is 9.97. The molecule has 170 valence electrons. The molecule has 0 saturated heterocycles. The van der Waals surface area contributed by atoms with Crippen molar-refractivity contribution in [1.82, 2.24) is 19.3 Å². The van der Waals surface area contributed by atoms with E-state index in [1.165, 1.54) is 43.2 Å². The number of benzene rings is 1. The summed E-state index contributed by atoms with van der Waals surface area (Å²) in [5.74, 6) is 0.758. The minimum atomic E-state index is -3.60. The second-order valence-corrected chi connectivity index (χ2v) is 11.9. The number of hydrogen-bond donors (Lipinski definition) is 1. The monoisotopic (exact) mass is 471 g/mol. The lowest BCUT2D eigenvalue weighted by Gasteiger charge is -2.34. The van der Waals surface area contributed by atoms with Gasteiger partial charge < -0.3 is 9.88 Å². The van der Waals surface area contributed by atoms with Gasteiger partial charge in [-0.05, 0) is 30.4 Å². The Morgan fingerprint density at radius 3 is 2.69 bits per heavy atom. The summed E-state index contributed by atoms with van der Waals surface area (Å²) in [6, 6.07) is 8.29. The van der Waals surface area contributed by atoms with Crippen molar-refractivity contribution in [2.75, 3.05) is 11.4 Å². The quantitative estimate of drug-likeness (QED) is 0.552. The van der Waals surface area contributed by atoms with Gasteiger partial charge in [0.2, 0.25) is 0 Å². The molecule has 1 aromatic carbocycles. The van der Waals surface area contributed by atoms with Crippen LogP contribution in [-0.2, 0) is 23.1 Å². The van der Waals surface area contributed by atoms with Crippen LogP contribution in [0.5, 0.6) is 0 Å². The van der Waals surface area contributed by atoms with Gasteiger partial charge in [0.05, 0.1) is 30.3 Å². The van der Waals surface area contributed by atoms with Crippen molar-refractivity contribution < 1.29 is 8.42 Å². The molecular weight excluding hydrogens is 442 g/mol. The van der Waals surface area contributed by atoms with E-state index in [-0.39, 0.29) is 6.04 Å². The molecule has 0 bridgehead atoms. The molecule has 0 spiro atoms. The molecule has 0 amide bonds. The summed E-state index contributed by atoms with van der Waals surface area (Å²) in [7, 11) is -3.60. The number of sulfonamides is 1. The first-order chi connectivity index (χ1) is 15.6. The highest BCUT2D eigenvalue weighted by atomic mass is 32.2. The zero-order chi connectivity index (χ0) is 22.0. The molecule has 1 saturated carbocycles. The fraction of sp³-hybridized carbons (Fsp3) is 0.478. The first kappa shape index (κ1) is 21.6. The molecule has 32 heavy (non-hydrogen) atoms. The molecule has 1 atom stereocenters. The van der Waals surface area contributed by atoms with Gasteiger partial charge in [-0.15, -0.1) is 11.3 Å². The summed E-state index contributed by atoms with van der Waals surface area (Å²) in [6.45, 7) is 1.52. The molecule has 1 fully saturated rings. The average Bonchev–Trinajstić information content (AvgIpc) is 3.57. The van der Waals surface area contributed by atoms with Crippen LogP contribution in [-0.4, -0.2) is 40.3 Å². The van der Waals surface area contributed by atoms with Crippen LogP contribution in [0.2, 0.25) is 0 Å². The smallest absolute Gasteiger partial charge is 0.254 e. The maximum Gasteiger partial charge on any atom is 0.254 e. The van der Waals surface area contributed by atoms with Crippen molar-refractivity contribution in [2.24, 2.45) is 5.92 Å². The number of nitrogens with zero attached hydrogens (tertiary/aromatic N) is 4. The van der Waals surface area contributed by atoms with E-state index in [1.54, 1.807) is 16.1 Å². The summed E-state index contributed by atoms with van der Waals surface area (Å²) in [6.07, 6.45) is 12.4. The third-order valence-corrected chi connectivity index (χ3v) is 9.84. The maximum absolute atomic E-state index is 13.5. The molecule has 0 unspecified atom stereocenters. The fourth-order valence-corrected chi connectivity index (χ4v) is 7.50. The SMILES string of the molecule is O=S(=O)(c1cncs1)N1Cc2ccccc2N(Cc2cnc[nH]2)[C@H](CCC2CCCC2)C1. The predicted molar refractivity (Wildman–Crippen MR) is 126 cm³/mol. The highest BCUT2D eigenvalue weighted by molar-refractivity contribution is 7.91. The molecule has 3 aromatic rings. The van der Waals surface area contributed by atoms with Crippen LogP contribution in [0.15, 0.2) is 52.7 Å². The Morgan fingerprint density at radius 2 is 1.94 bits per heavy atom. The molecule has 5 rings (SSSR count). The standard InChI is InChI=1S/C23H29N5O2S2/c29-32(30,23-12-25-17-31-23)27-13-19-7-3-4-8-22(19)28(14-20-11-24-16-26-20)21(15-27)10-9-18-5-1-2-6-18/h3-4,7-8,11-12,16-18,21H,1-2,5-6,9-10,13-15H2,(H,24,26)/t21-/m1/s1. The number of hydrogen-bond acceptors (Lipinski definition) is 6. The molecule has 1 aliphatic carbocycles. The van der Waals surface area contributed by atoms with Gasteiger partial charge in [0, 0.05) is 31.0 Å². The van der Waals surface area contributed by atoms with Crippen LogP contribution >= 0.6 is 11.3 Å². The summed E-state index contributed by atoms with van der Waals surface area (Å²) in [4.78, 5) is 13.8. The zero-order valence-electron chi connectivity index (χ0n) is 18.1. The van der Waals surface area contributed by atoms with Gasteiger partial charge in [-0.1, -0.05) is 43.9 Å². The first-order valence-corrected chi connectivity index (χ1v) is 13.6. The minimum absolute atomic E-state index is 0.0882. The Hall–Kier alpha value is -2.23. The van der Waals surface area contributed by atoms with Gasteiger partial charge in [-0.25, -0.2) is 13.4 Å². The van der Waals surface area contributed by atoms with Gasteiger partial charge >= 0.3 is 0 Å². The third kappa shape index (κ3) is 4.46. The number of anilines is 1. The van der Waals surface area contributed by atoms with E-state index in [0.29, 0.717) is 23.8 Å². The molecule has 9 heteroatoms. The van der Waals surface area contributed by atoms with E-state index in [2.05, 4.69) is 25.9 Å². The number of thiazole rings is 1. The van der Waals surface area contributed by atoms with Crippen LogP contribution < -0.4 is 4.90 Å².